The van der Waals surface area contributed by atoms with E-state index in [2.05, 4.69) is 11.6 Å². The number of anilines is 2. The first-order valence-electron chi connectivity index (χ1n) is 11.5. The molecule has 2 aromatic rings. The Morgan fingerprint density at radius 1 is 1.00 bits per heavy atom. The third-order valence-corrected chi connectivity index (χ3v) is 7.90. The zero-order chi connectivity index (χ0) is 23.6. The topological polar surface area (TPSA) is 86.8 Å². The fraction of sp³-hybridized carbons (Fsp3) is 0.440. The molecule has 1 fully saturated rings. The Hall–Kier alpha value is -2.87. The smallest absolute Gasteiger partial charge is 0.261 e. The van der Waals surface area contributed by atoms with Crippen molar-refractivity contribution in [1.82, 2.24) is 4.90 Å². The van der Waals surface area contributed by atoms with Crippen molar-refractivity contribution in [2.75, 3.05) is 29.3 Å². The number of fused-ring (bicyclic) bond motifs is 1. The van der Waals surface area contributed by atoms with Crippen molar-refractivity contribution in [1.29, 1.82) is 0 Å². The van der Waals surface area contributed by atoms with Gasteiger partial charge in [-0.05, 0) is 73.6 Å². The summed E-state index contributed by atoms with van der Waals surface area (Å²) >= 11 is 0. The normalized spacial score (nSPS) is 16.5. The summed E-state index contributed by atoms with van der Waals surface area (Å²) in [4.78, 5) is 29.0. The number of piperidine rings is 1. The molecule has 1 saturated heterocycles. The number of nitrogens with zero attached hydrogens (tertiary/aromatic N) is 2. The molecule has 7 nitrogen and oxygen atoms in total. The van der Waals surface area contributed by atoms with Gasteiger partial charge in [-0.15, -0.1) is 0 Å². The quantitative estimate of drug-likeness (QED) is 0.699. The van der Waals surface area contributed by atoms with Crippen LogP contribution >= 0.6 is 0 Å². The first kappa shape index (κ1) is 23.3. The number of aryl methyl sites for hydroxylation is 1. The van der Waals surface area contributed by atoms with Gasteiger partial charge in [0.25, 0.3) is 10.0 Å². The number of likely N-dealkylation sites (tertiary alicyclic amines) is 1. The molecule has 0 radical (unpaired) electrons. The van der Waals surface area contributed by atoms with Crippen LogP contribution in [0.4, 0.5) is 11.4 Å². The maximum atomic E-state index is 12.8. The van der Waals surface area contributed by atoms with Crippen molar-refractivity contribution < 1.29 is 18.0 Å². The van der Waals surface area contributed by atoms with Crippen molar-refractivity contribution in [2.24, 2.45) is 5.92 Å². The molecular weight excluding hydrogens is 438 g/mol. The molecule has 0 saturated carbocycles. The van der Waals surface area contributed by atoms with E-state index >= 15 is 0 Å². The van der Waals surface area contributed by atoms with E-state index < -0.39 is 10.0 Å². The van der Waals surface area contributed by atoms with E-state index in [9.17, 15) is 18.0 Å². The molecular formula is C25H31N3O4S. The Labute approximate surface area is 195 Å². The molecule has 0 bridgehead atoms. The van der Waals surface area contributed by atoms with Crippen molar-refractivity contribution >= 4 is 33.2 Å². The summed E-state index contributed by atoms with van der Waals surface area (Å²) in [6.45, 7) is 6.15. The predicted molar refractivity (Wildman–Crippen MR) is 129 cm³/mol. The maximum absolute atomic E-state index is 12.8. The van der Waals surface area contributed by atoms with Crippen LogP contribution in [0, 0.1) is 12.8 Å². The number of hydrogen-bond acceptors (Lipinski definition) is 4. The van der Waals surface area contributed by atoms with Gasteiger partial charge in [0.15, 0.2) is 0 Å². The van der Waals surface area contributed by atoms with E-state index in [1.54, 1.807) is 35.2 Å². The Bertz CT molecular complexity index is 1150. The fourth-order valence-corrected chi connectivity index (χ4v) is 5.59. The second-order valence-electron chi connectivity index (χ2n) is 9.12. The van der Waals surface area contributed by atoms with Gasteiger partial charge >= 0.3 is 0 Å². The first-order valence-corrected chi connectivity index (χ1v) is 13.0. The second-order valence-corrected chi connectivity index (χ2v) is 10.8. The van der Waals surface area contributed by atoms with Gasteiger partial charge in [0.05, 0.1) is 4.90 Å². The lowest BCUT2D eigenvalue weighted by Crippen LogP contribution is -2.38. The summed E-state index contributed by atoms with van der Waals surface area (Å²) in [6.07, 6.45) is 3.00. The monoisotopic (exact) mass is 469 g/mol. The molecule has 33 heavy (non-hydrogen) atoms. The van der Waals surface area contributed by atoms with Gasteiger partial charge < -0.3 is 9.80 Å². The zero-order valence-electron chi connectivity index (χ0n) is 19.2. The average molecular weight is 470 g/mol. The molecule has 2 aromatic carbocycles. The Balaban J connectivity index is 1.39. The molecule has 4 rings (SSSR count). The summed E-state index contributed by atoms with van der Waals surface area (Å²) in [5.74, 6) is 0.594. The summed E-state index contributed by atoms with van der Waals surface area (Å²) in [7, 11) is -3.73. The van der Waals surface area contributed by atoms with Crippen LogP contribution in [0.3, 0.4) is 0 Å². The van der Waals surface area contributed by atoms with Crippen LogP contribution < -0.4 is 9.62 Å². The van der Waals surface area contributed by atoms with Crippen molar-refractivity contribution in [3.05, 3.63) is 53.6 Å². The number of rotatable bonds is 6. The summed E-state index contributed by atoms with van der Waals surface area (Å²) in [6, 6.07) is 12.1. The SMILES string of the molecule is Cc1cccc(NS(=O)(=O)c2ccc3c(c2)CCN3C(=O)CCC(=O)N2CCC(C)CC2)c1. The molecule has 2 amide bonds. The lowest BCUT2D eigenvalue weighted by molar-refractivity contribution is -0.134. The van der Waals surface area contributed by atoms with Gasteiger partial charge in [0, 0.05) is 43.9 Å². The Kier molecular flexibility index (Phi) is 6.74. The van der Waals surface area contributed by atoms with Crippen molar-refractivity contribution in [3.63, 3.8) is 0 Å². The number of sulfonamides is 1. The van der Waals surface area contributed by atoms with Crippen molar-refractivity contribution in [2.45, 2.75) is 50.8 Å². The van der Waals surface area contributed by atoms with E-state index in [1.807, 2.05) is 17.9 Å². The van der Waals surface area contributed by atoms with Gasteiger partial charge in [0.1, 0.15) is 0 Å². The number of amides is 2. The minimum atomic E-state index is -3.73. The van der Waals surface area contributed by atoms with Gasteiger partial charge in [0.2, 0.25) is 11.8 Å². The van der Waals surface area contributed by atoms with E-state index in [0.717, 1.165) is 42.7 Å². The Morgan fingerprint density at radius 2 is 1.73 bits per heavy atom. The number of carbonyl (C=O) groups excluding carboxylic acids is 2. The van der Waals surface area contributed by atoms with Crippen LogP contribution in [-0.4, -0.2) is 44.8 Å². The minimum absolute atomic E-state index is 0.0401. The molecule has 0 spiro atoms. The molecule has 2 heterocycles. The third kappa shape index (κ3) is 5.38. The number of hydrogen-bond donors (Lipinski definition) is 1. The molecule has 0 aliphatic carbocycles. The van der Waals surface area contributed by atoms with Crippen LogP contribution in [0.15, 0.2) is 47.4 Å². The lowest BCUT2D eigenvalue weighted by atomic mass is 9.99. The van der Waals surface area contributed by atoms with Crippen LogP contribution in [0.1, 0.15) is 43.7 Å². The molecule has 1 N–H and O–H groups in total. The average Bonchev–Trinajstić information content (AvgIpc) is 3.21. The van der Waals surface area contributed by atoms with E-state index in [0.29, 0.717) is 24.6 Å². The number of benzene rings is 2. The fourth-order valence-electron chi connectivity index (χ4n) is 4.49. The molecule has 0 aromatic heterocycles. The molecule has 0 unspecified atom stereocenters. The summed E-state index contributed by atoms with van der Waals surface area (Å²) < 4.78 is 28.3. The molecule has 0 atom stereocenters. The predicted octanol–water partition coefficient (Wildman–Crippen LogP) is 3.72. The Morgan fingerprint density at radius 3 is 2.45 bits per heavy atom. The van der Waals surface area contributed by atoms with Crippen LogP contribution in [0.5, 0.6) is 0 Å². The first-order chi connectivity index (χ1) is 15.7. The minimum Gasteiger partial charge on any atom is -0.343 e. The molecule has 8 heteroatoms. The zero-order valence-corrected chi connectivity index (χ0v) is 20.0. The highest BCUT2D eigenvalue weighted by Gasteiger charge is 2.28. The standard InChI is InChI=1S/C25H31N3O4S/c1-18-10-13-27(14-11-18)24(29)8-9-25(30)28-15-12-20-17-22(6-7-23(20)28)33(31,32)26-21-5-3-4-19(2)16-21/h3-7,16-18,26H,8-15H2,1-2H3. The summed E-state index contributed by atoms with van der Waals surface area (Å²) in [5.41, 5.74) is 3.03. The highest BCUT2D eigenvalue weighted by molar-refractivity contribution is 7.92. The summed E-state index contributed by atoms with van der Waals surface area (Å²) in [5, 5.41) is 0. The maximum Gasteiger partial charge on any atom is 0.261 e. The van der Waals surface area contributed by atoms with Crippen LogP contribution in [0.2, 0.25) is 0 Å². The third-order valence-electron chi connectivity index (χ3n) is 6.52. The largest absolute Gasteiger partial charge is 0.343 e. The lowest BCUT2D eigenvalue weighted by Gasteiger charge is -2.30. The highest BCUT2D eigenvalue weighted by Crippen LogP contribution is 2.31. The highest BCUT2D eigenvalue weighted by atomic mass is 32.2. The van der Waals surface area contributed by atoms with Crippen molar-refractivity contribution in [3.8, 4) is 0 Å². The van der Waals surface area contributed by atoms with E-state index in [4.69, 9.17) is 0 Å². The van der Waals surface area contributed by atoms with Gasteiger partial charge in [-0.1, -0.05) is 19.1 Å². The van der Waals surface area contributed by atoms with Gasteiger partial charge in [-0.25, -0.2) is 8.42 Å². The molecule has 2 aliphatic heterocycles. The van der Waals surface area contributed by atoms with Gasteiger partial charge in [-0.2, -0.15) is 0 Å². The number of carbonyl (C=O) groups is 2. The molecule has 2 aliphatic rings. The molecule has 176 valence electrons. The van der Waals surface area contributed by atoms with E-state index in [-0.39, 0.29) is 29.6 Å². The number of nitrogens with one attached hydrogen (secondary N) is 1. The van der Waals surface area contributed by atoms with Crippen LogP contribution in [0.25, 0.3) is 0 Å². The second kappa shape index (κ2) is 9.55. The van der Waals surface area contributed by atoms with E-state index in [1.165, 1.54) is 6.07 Å². The van der Waals surface area contributed by atoms with Crippen LogP contribution in [-0.2, 0) is 26.0 Å². The van der Waals surface area contributed by atoms with Gasteiger partial charge in [-0.3, -0.25) is 14.3 Å².